The molecule has 0 radical (unpaired) electrons. The van der Waals surface area contributed by atoms with Gasteiger partial charge in [-0.25, -0.2) is 0 Å². The highest BCUT2D eigenvalue weighted by molar-refractivity contribution is 4.93. The molecule has 1 atom stereocenters. The summed E-state index contributed by atoms with van der Waals surface area (Å²) in [5.74, 6) is 0. The number of allylic oxidation sites excluding steroid dienone is 2. The van der Waals surface area contributed by atoms with E-state index in [4.69, 9.17) is 5.11 Å². The Morgan fingerprint density at radius 3 is 2.30 bits per heavy atom. The number of aliphatic hydroxyl groups is 1. The first-order chi connectivity index (χ1) is 11.4. The summed E-state index contributed by atoms with van der Waals surface area (Å²) in [6, 6.07) is 0. The first kappa shape index (κ1) is 20.1. The van der Waals surface area contributed by atoms with Gasteiger partial charge in [-0.3, -0.25) is 0 Å². The van der Waals surface area contributed by atoms with Crippen molar-refractivity contribution in [1.82, 2.24) is 10.2 Å². The summed E-state index contributed by atoms with van der Waals surface area (Å²) in [6.07, 6.45) is 25.0. The molecule has 0 saturated heterocycles. The first-order valence-electron chi connectivity index (χ1n) is 9.82. The summed E-state index contributed by atoms with van der Waals surface area (Å²) in [5, 5.41) is 12.4. The lowest BCUT2D eigenvalue weighted by Gasteiger charge is -2.24. The second kappa shape index (κ2) is 14.6. The van der Waals surface area contributed by atoms with Gasteiger partial charge in [0.05, 0.1) is 12.8 Å². The molecule has 23 heavy (non-hydrogen) atoms. The third-order valence-corrected chi connectivity index (χ3v) is 4.55. The first-order valence-corrected chi connectivity index (χ1v) is 9.82. The quantitative estimate of drug-likeness (QED) is 0.331. The van der Waals surface area contributed by atoms with Crippen LogP contribution in [0.1, 0.15) is 84.0 Å². The predicted molar refractivity (Wildman–Crippen MR) is 100 cm³/mol. The second-order valence-electron chi connectivity index (χ2n) is 6.63. The van der Waals surface area contributed by atoms with Crippen LogP contribution >= 0.6 is 0 Å². The molecule has 2 N–H and O–H groups in total. The van der Waals surface area contributed by atoms with E-state index < -0.39 is 0 Å². The van der Waals surface area contributed by atoms with Crippen molar-refractivity contribution >= 4 is 0 Å². The highest BCUT2D eigenvalue weighted by atomic mass is 16.3. The number of aliphatic hydroxyl groups excluding tert-OH is 1. The van der Waals surface area contributed by atoms with Gasteiger partial charge in [-0.1, -0.05) is 57.6 Å². The highest BCUT2D eigenvalue weighted by Gasteiger charge is 2.16. The topological polar surface area (TPSA) is 35.5 Å². The summed E-state index contributed by atoms with van der Waals surface area (Å²) in [7, 11) is 0. The molecule has 0 saturated carbocycles. The molecule has 0 fully saturated rings. The zero-order chi connectivity index (χ0) is 16.6. The summed E-state index contributed by atoms with van der Waals surface area (Å²) >= 11 is 0. The Hall–Kier alpha value is -0.960. The van der Waals surface area contributed by atoms with Crippen molar-refractivity contribution < 1.29 is 5.11 Å². The fraction of sp³-hybridized carbons (Fsp3) is 0.800. The van der Waals surface area contributed by atoms with Crippen LogP contribution in [0.3, 0.4) is 0 Å². The number of nitrogens with one attached hydrogen (secondary N) is 1. The minimum absolute atomic E-state index is 0.228. The van der Waals surface area contributed by atoms with Crippen molar-refractivity contribution in [3.8, 4) is 0 Å². The van der Waals surface area contributed by atoms with E-state index in [9.17, 15) is 0 Å². The van der Waals surface area contributed by atoms with Gasteiger partial charge in [0.1, 0.15) is 0 Å². The van der Waals surface area contributed by atoms with E-state index in [1.807, 2.05) is 12.4 Å². The Kier molecular flexibility index (Phi) is 12.8. The van der Waals surface area contributed by atoms with Crippen LogP contribution < -0.4 is 5.32 Å². The molecule has 0 aliphatic carbocycles. The molecule has 0 spiro atoms. The molecule has 1 aliphatic heterocycles. The third kappa shape index (κ3) is 10.4. The summed E-state index contributed by atoms with van der Waals surface area (Å²) in [4.78, 5) is 2.19. The molecule has 0 aromatic rings. The zero-order valence-electron chi connectivity index (χ0n) is 15.2. The standard InChI is InChI=1S/C20H38N2O/c1-2-3-4-5-6-7-8-9-10-11-12-13-14-15-20-21-16-17-22(20)18-19-23/h9-10,16-17,20-21,23H,2-8,11-15,18-19H2,1H3/b10-9+. The van der Waals surface area contributed by atoms with E-state index in [0.29, 0.717) is 6.17 Å². The molecule has 0 aromatic heterocycles. The minimum atomic E-state index is 0.228. The molecular weight excluding hydrogens is 284 g/mol. The van der Waals surface area contributed by atoms with Gasteiger partial charge in [0, 0.05) is 18.9 Å². The number of hydrogen-bond donors (Lipinski definition) is 2. The molecule has 0 aromatic carbocycles. The number of nitrogens with zero attached hydrogens (tertiary/aromatic N) is 1. The van der Waals surface area contributed by atoms with Gasteiger partial charge in [0.2, 0.25) is 0 Å². The lowest BCUT2D eigenvalue weighted by molar-refractivity contribution is 0.194. The van der Waals surface area contributed by atoms with E-state index >= 15 is 0 Å². The van der Waals surface area contributed by atoms with Crippen molar-refractivity contribution in [3.05, 3.63) is 24.6 Å². The fourth-order valence-electron chi connectivity index (χ4n) is 3.10. The van der Waals surface area contributed by atoms with Crippen molar-refractivity contribution in [2.45, 2.75) is 90.1 Å². The molecule has 1 unspecified atom stereocenters. The van der Waals surface area contributed by atoms with Crippen molar-refractivity contribution in [1.29, 1.82) is 0 Å². The monoisotopic (exact) mass is 322 g/mol. The van der Waals surface area contributed by atoms with Crippen LogP contribution in [0.5, 0.6) is 0 Å². The Labute approximate surface area is 143 Å². The Morgan fingerprint density at radius 2 is 1.61 bits per heavy atom. The molecule has 0 amide bonds. The molecular formula is C20H38N2O. The van der Waals surface area contributed by atoms with E-state index in [1.165, 1.54) is 70.6 Å². The average molecular weight is 323 g/mol. The molecule has 1 aliphatic rings. The van der Waals surface area contributed by atoms with E-state index in [-0.39, 0.29) is 6.61 Å². The molecule has 3 heteroatoms. The van der Waals surface area contributed by atoms with Crippen LogP contribution in [0.4, 0.5) is 0 Å². The van der Waals surface area contributed by atoms with Gasteiger partial charge in [0.15, 0.2) is 0 Å². The SMILES string of the molecule is CCCCCCCC/C=C/CCCCCC1NC=CN1CCO. The largest absolute Gasteiger partial charge is 0.395 e. The molecule has 0 bridgehead atoms. The molecule has 1 rings (SSSR count). The summed E-state index contributed by atoms with van der Waals surface area (Å²) in [5.41, 5.74) is 0. The van der Waals surface area contributed by atoms with Crippen LogP contribution in [0.15, 0.2) is 24.6 Å². The lowest BCUT2D eigenvalue weighted by atomic mass is 10.1. The average Bonchev–Trinajstić information content (AvgIpc) is 2.99. The van der Waals surface area contributed by atoms with Gasteiger partial charge in [-0.15, -0.1) is 0 Å². The third-order valence-electron chi connectivity index (χ3n) is 4.55. The van der Waals surface area contributed by atoms with Crippen LogP contribution in [-0.4, -0.2) is 29.3 Å². The van der Waals surface area contributed by atoms with Crippen LogP contribution in [0, 0.1) is 0 Å². The zero-order valence-corrected chi connectivity index (χ0v) is 15.2. The van der Waals surface area contributed by atoms with Crippen LogP contribution in [0.25, 0.3) is 0 Å². The maximum absolute atomic E-state index is 9.02. The van der Waals surface area contributed by atoms with Gasteiger partial charge < -0.3 is 15.3 Å². The Morgan fingerprint density at radius 1 is 0.957 bits per heavy atom. The number of rotatable bonds is 15. The minimum Gasteiger partial charge on any atom is -0.395 e. The Balaban J connectivity index is 1.85. The van der Waals surface area contributed by atoms with Gasteiger partial charge >= 0.3 is 0 Å². The predicted octanol–water partition coefficient (Wildman–Crippen LogP) is 4.94. The Bertz CT molecular complexity index is 315. The van der Waals surface area contributed by atoms with E-state index in [1.54, 1.807) is 0 Å². The van der Waals surface area contributed by atoms with Crippen LogP contribution in [0.2, 0.25) is 0 Å². The van der Waals surface area contributed by atoms with Gasteiger partial charge in [-0.05, 0) is 38.5 Å². The smallest absolute Gasteiger partial charge is 0.0982 e. The second-order valence-corrected chi connectivity index (χ2v) is 6.63. The molecule has 1 heterocycles. The van der Waals surface area contributed by atoms with Crippen LogP contribution in [-0.2, 0) is 0 Å². The van der Waals surface area contributed by atoms with Crippen molar-refractivity contribution in [2.75, 3.05) is 13.2 Å². The highest BCUT2D eigenvalue weighted by Crippen LogP contribution is 2.13. The maximum Gasteiger partial charge on any atom is 0.0982 e. The van der Waals surface area contributed by atoms with E-state index in [0.717, 1.165) is 13.0 Å². The maximum atomic E-state index is 9.02. The summed E-state index contributed by atoms with van der Waals surface area (Å²) < 4.78 is 0. The molecule has 134 valence electrons. The van der Waals surface area contributed by atoms with E-state index in [2.05, 4.69) is 29.3 Å². The molecule has 3 nitrogen and oxygen atoms in total. The lowest BCUT2D eigenvalue weighted by Crippen LogP contribution is -2.36. The number of unbranched alkanes of at least 4 members (excludes halogenated alkanes) is 9. The number of hydrogen-bond acceptors (Lipinski definition) is 3. The summed E-state index contributed by atoms with van der Waals surface area (Å²) in [6.45, 7) is 3.23. The fourth-order valence-corrected chi connectivity index (χ4v) is 3.10. The van der Waals surface area contributed by atoms with Crippen molar-refractivity contribution in [3.63, 3.8) is 0 Å². The van der Waals surface area contributed by atoms with Gasteiger partial charge in [0.25, 0.3) is 0 Å². The normalized spacial score (nSPS) is 17.3. The van der Waals surface area contributed by atoms with Crippen molar-refractivity contribution in [2.24, 2.45) is 0 Å². The number of β-amino-alcohol motifs (C(OH)–C–C–N with tert-alkyl or cyclic N) is 1. The van der Waals surface area contributed by atoms with Gasteiger partial charge in [-0.2, -0.15) is 0 Å².